The molecule has 0 fully saturated rings. The standard InChI is InChI=1S/C14H23N3O2/c1-11(4-9-14(18)16-15)17(2)10-12-5-7-13(19-3)8-6-12/h5-8,11H,4,9-10,15H2,1-3H3,(H,16,18). The summed E-state index contributed by atoms with van der Waals surface area (Å²) in [4.78, 5) is 13.3. The number of carbonyl (C=O) groups is 1. The largest absolute Gasteiger partial charge is 0.497 e. The first-order valence-corrected chi connectivity index (χ1v) is 6.39. The van der Waals surface area contributed by atoms with Crippen LogP contribution in [0.15, 0.2) is 24.3 Å². The summed E-state index contributed by atoms with van der Waals surface area (Å²) in [5.74, 6) is 5.80. The molecule has 1 atom stereocenters. The summed E-state index contributed by atoms with van der Waals surface area (Å²) in [7, 11) is 3.71. The lowest BCUT2D eigenvalue weighted by molar-refractivity contribution is -0.121. The van der Waals surface area contributed by atoms with Crippen LogP contribution in [0.4, 0.5) is 0 Å². The average Bonchev–Trinajstić information content (AvgIpc) is 2.44. The fraction of sp³-hybridized carbons (Fsp3) is 0.500. The average molecular weight is 265 g/mol. The van der Waals surface area contributed by atoms with E-state index in [1.807, 2.05) is 12.1 Å². The predicted molar refractivity (Wildman–Crippen MR) is 75.5 cm³/mol. The minimum absolute atomic E-state index is 0.121. The molecule has 0 aliphatic carbocycles. The molecule has 19 heavy (non-hydrogen) atoms. The van der Waals surface area contributed by atoms with Gasteiger partial charge >= 0.3 is 0 Å². The van der Waals surface area contributed by atoms with E-state index >= 15 is 0 Å². The van der Waals surface area contributed by atoms with Crippen molar-refractivity contribution in [2.24, 2.45) is 5.84 Å². The number of methoxy groups -OCH3 is 1. The van der Waals surface area contributed by atoms with E-state index in [2.05, 4.69) is 36.4 Å². The topological polar surface area (TPSA) is 67.6 Å². The fourth-order valence-corrected chi connectivity index (χ4v) is 1.81. The zero-order chi connectivity index (χ0) is 14.3. The van der Waals surface area contributed by atoms with Crippen LogP contribution < -0.4 is 16.0 Å². The quantitative estimate of drug-likeness (QED) is 0.443. The first kappa shape index (κ1) is 15.5. The number of rotatable bonds is 7. The summed E-state index contributed by atoms with van der Waals surface area (Å²) in [6.45, 7) is 2.95. The number of ether oxygens (including phenoxy) is 1. The molecule has 1 amide bonds. The van der Waals surface area contributed by atoms with Gasteiger partial charge in [-0.3, -0.25) is 15.1 Å². The number of amides is 1. The van der Waals surface area contributed by atoms with Crippen molar-refractivity contribution in [1.82, 2.24) is 10.3 Å². The Morgan fingerprint density at radius 2 is 2.05 bits per heavy atom. The first-order chi connectivity index (χ1) is 9.06. The Morgan fingerprint density at radius 1 is 1.42 bits per heavy atom. The fourth-order valence-electron chi connectivity index (χ4n) is 1.81. The lowest BCUT2D eigenvalue weighted by atomic mass is 10.1. The molecular formula is C14H23N3O2. The predicted octanol–water partition coefficient (Wildman–Crippen LogP) is 1.29. The van der Waals surface area contributed by atoms with E-state index in [9.17, 15) is 4.79 Å². The minimum Gasteiger partial charge on any atom is -0.497 e. The maximum absolute atomic E-state index is 11.1. The van der Waals surface area contributed by atoms with Gasteiger partial charge in [0.15, 0.2) is 0 Å². The molecule has 0 bridgehead atoms. The Labute approximate surface area is 114 Å². The summed E-state index contributed by atoms with van der Waals surface area (Å²) >= 11 is 0. The van der Waals surface area contributed by atoms with Crippen molar-refractivity contribution < 1.29 is 9.53 Å². The van der Waals surface area contributed by atoms with Crippen molar-refractivity contribution in [2.45, 2.75) is 32.4 Å². The van der Waals surface area contributed by atoms with E-state index in [4.69, 9.17) is 10.6 Å². The van der Waals surface area contributed by atoms with E-state index in [0.29, 0.717) is 12.5 Å². The monoisotopic (exact) mass is 265 g/mol. The van der Waals surface area contributed by atoms with Crippen molar-refractivity contribution in [3.63, 3.8) is 0 Å². The SMILES string of the molecule is COc1ccc(CN(C)C(C)CCC(=O)NN)cc1. The highest BCUT2D eigenvalue weighted by molar-refractivity contribution is 5.75. The summed E-state index contributed by atoms with van der Waals surface area (Å²) < 4.78 is 5.13. The van der Waals surface area contributed by atoms with Crippen LogP contribution in [-0.2, 0) is 11.3 Å². The Bertz CT molecular complexity index is 392. The van der Waals surface area contributed by atoms with Crippen LogP contribution in [0.5, 0.6) is 5.75 Å². The van der Waals surface area contributed by atoms with Crippen LogP contribution in [-0.4, -0.2) is 31.0 Å². The maximum atomic E-state index is 11.1. The molecule has 3 N–H and O–H groups in total. The van der Waals surface area contributed by atoms with Crippen LogP contribution in [0.25, 0.3) is 0 Å². The van der Waals surface area contributed by atoms with Crippen LogP contribution in [0.3, 0.4) is 0 Å². The molecule has 0 saturated heterocycles. The molecule has 0 saturated carbocycles. The Hall–Kier alpha value is -1.59. The second-order valence-corrected chi connectivity index (χ2v) is 4.72. The van der Waals surface area contributed by atoms with Crippen molar-refractivity contribution in [3.8, 4) is 5.75 Å². The number of hydrazine groups is 1. The summed E-state index contributed by atoms with van der Waals surface area (Å²) in [6.07, 6.45) is 1.24. The van der Waals surface area contributed by atoms with Gasteiger partial charge in [0.25, 0.3) is 0 Å². The molecule has 0 spiro atoms. The Kier molecular flexibility index (Phi) is 6.32. The van der Waals surface area contributed by atoms with Crippen molar-refractivity contribution in [1.29, 1.82) is 0 Å². The maximum Gasteiger partial charge on any atom is 0.233 e. The number of nitrogens with two attached hydrogens (primary N) is 1. The van der Waals surface area contributed by atoms with Gasteiger partial charge in [0.05, 0.1) is 7.11 Å². The van der Waals surface area contributed by atoms with Crippen molar-refractivity contribution >= 4 is 5.91 Å². The number of nitrogens with zero attached hydrogens (tertiary/aromatic N) is 1. The van der Waals surface area contributed by atoms with Crippen LogP contribution >= 0.6 is 0 Å². The third kappa shape index (κ3) is 5.28. The van der Waals surface area contributed by atoms with E-state index in [1.54, 1.807) is 7.11 Å². The van der Waals surface area contributed by atoms with E-state index in [1.165, 1.54) is 5.56 Å². The molecule has 0 aromatic heterocycles. The van der Waals surface area contributed by atoms with E-state index < -0.39 is 0 Å². The van der Waals surface area contributed by atoms with Crippen LogP contribution in [0.1, 0.15) is 25.3 Å². The molecule has 0 radical (unpaired) electrons. The van der Waals surface area contributed by atoms with Crippen molar-refractivity contribution in [2.75, 3.05) is 14.2 Å². The lowest BCUT2D eigenvalue weighted by Crippen LogP contribution is -2.33. The number of nitrogens with one attached hydrogen (secondary N) is 1. The highest BCUT2D eigenvalue weighted by atomic mass is 16.5. The van der Waals surface area contributed by atoms with E-state index in [0.717, 1.165) is 18.7 Å². The lowest BCUT2D eigenvalue weighted by Gasteiger charge is -2.24. The number of carbonyl (C=O) groups excluding carboxylic acids is 1. The highest BCUT2D eigenvalue weighted by Crippen LogP contribution is 2.14. The Balaban J connectivity index is 2.43. The molecule has 0 aliphatic heterocycles. The molecule has 1 rings (SSSR count). The molecule has 1 unspecified atom stereocenters. The summed E-state index contributed by atoms with van der Waals surface area (Å²) in [5.41, 5.74) is 3.37. The van der Waals surface area contributed by atoms with Gasteiger partial charge in [-0.05, 0) is 38.1 Å². The van der Waals surface area contributed by atoms with E-state index in [-0.39, 0.29) is 5.91 Å². The molecule has 106 valence electrons. The van der Waals surface area contributed by atoms with Gasteiger partial charge in [0, 0.05) is 19.0 Å². The minimum atomic E-state index is -0.121. The van der Waals surface area contributed by atoms with Gasteiger partial charge in [-0.25, -0.2) is 5.84 Å². The highest BCUT2D eigenvalue weighted by Gasteiger charge is 2.11. The number of hydrogen-bond donors (Lipinski definition) is 2. The molecule has 5 nitrogen and oxygen atoms in total. The zero-order valence-corrected chi connectivity index (χ0v) is 11.8. The Morgan fingerprint density at radius 3 is 2.58 bits per heavy atom. The molecule has 1 aromatic carbocycles. The number of benzene rings is 1. The van der Waals surface area contributed by atoms with Gasteiger partial charge in [0.1, 0.15) is 5.75 Å². The summed E-state index contributed by atoms with van der Waals surface area (Å²) in [6, 6.07) is 8.33. The molecular weight excluding hydrogens is 242 g/mol. The van der Waals surface area contributed by atoms with Crippen LogP contribution in [0.2, 0.25) is 0 Å². The van der Waals surface area contributed by atoms with Gasteiger partial charge in [-0.1, -0.05) is 12.1 Å². The van der Waals surface area contributed by atoms with Crippen molar-refractivity contribution in [3.05, 3.63) is 29.8 Å². The molecule has 5 heteroatoms. The van der Waals surface area contributed by atoms with Gasteiger partial charge in [0.2, 0.25) is 5.91 Å². The summed E-state index contributed by atoms with van der Waals surface area (Å²) in [5, 5.41) is 0. The molecule has 0 aliphatic rings. The first-order valence-electron chi connectivity index (χ1n) is 6.39. The third-order valence-corrected chi connectivity index (χ3v) is 3.29. The smallest absolute Gasteiger partial charge is 0.233 e. The number of hydrogen-bond acceptors (Lipinski definition) is 4. The normalized spacial score (nSPS) is 12.3. The second-order valence-electron chi connectivity index (χ2n) is 4.72. The van der Waals surface area contributed by atoms with Gasteiger partial charge in [-0.15, -0.1) is 0 Å². The second kappa shape index (κ2) is 7.76. The molecule has 1 aromatic rings. The van der Waals surface area contributed by atoms with Gasteiger partial charge < -0.3 is 4.74 Å². The zero-order valence-electron chi connectivity index (χ0n) is 11.8. The third-order valence-electron chi connectivity index (χ3n) is 3.29. The van der Waals surface area contributed by atoms with Gasteiger partial charge in [-0.2, -0.15) is 0 Å². The molecule has 0 heterocycles. The van der Waals surface area contributed by atoms with Crippen LogP contribution in [0, 0.1) is 0 Å².